The minimum atomic E-state index is -3.35. The Bertz CT molecular complexity index is 290. The standard InChI is InChI=1S/C6H11BrN2O3S/c7-4-13(11,12)9-5-2-1-3-8-6(5)10/h5,9H,1-4H2,(H,8,10). The molecule has 76 valence electrons. The van der Waals surface area contributed by atoms with Crippen molar-refractivity contribution in [2.45, 2.75) is 18.9 Å². The average Bonchev–Trinajstić information content (AvgIpc) is 2.09. The first-order chi connectivity index (χ1) is 6.05. The molecule has 13 heavy (non-hydrogen) atoms. The first-order valence-corrected chi connectivity index (χ1v) is 6.66. The van der Waals surface area contributed by atoms with Crippen molar-refractivity contribution < 1.29 is 13.2 Å². The zero-order valence-corrected chi connectivity index (χ0v) is 9.32. The molecular formula is C6H11BrN2O3S. The van der Waals surface area contributed by atoms with E-state index in [1.165, 1.54) is 0 Å². The number of halogens is 1. The quantitative estimate of drug-likeness (QED) is 0.682. The zero-order chi connectivity index (χ0) is 9.90. The van der Waals surface area contributed by atoms with E-state index < -0.39 is 16.1 Å². The normalized spacial score (nSPS) is 24.1. The smallest absolute Gasteiger partial charge is 0.238 e. The zero-order valence-electron chi connectivity index (χ0n) is 6.92. The van der Waals surface area contributed by atoms with E-state index in [-0.39, 0.29) is 10.6 Å². The number of carbonyl (C=O) groups excluding carboxylic acids is 1. The minimum absolute atomic E-state index is 0.177. The Labute approximate surface area is 85.4 Å². The summed E-state index contributed by atoms with van der Waals surface area (Å²) in [5, 5.41) is 2.60. The van der Waals surface area contributed by atoms with Crippen molar-refractivity contribution in [3.05, 3.63) is 0 Å². The van der Waals surface area contributed by atoms with Gasteiger partial charge in [-0.05, 0) is 12.8 Å². The first kappa shape index (κ1) is 10.9. The van der Waals surface area contributed by atoms with E-state index in [1.807, 2.05) is 0 Å². The third-order valence-electron chi connectivity index (χ3n) is 1.75. The van der Waals surface area contributed by atoms with Gasteiger partial charge in [-0.2, -0.15) is 0 Å². The van der Waals surface area contributed by atoms with Gasteiger partial charge < -0.3 is 5.32 Å². The molecule has 1 rings (SSSR count). The van der Waals surface area contributed by atoms with E-state index in [0.29, 0.717) is 13.0 Å². The molecule has 0 spiro atoms. The van der Waals surface area contributed by atoms with Crippen LogP contribution in [0.3, 0.4) is 0 Å². The molecule has 0 bridgehead atoms. The Balaban J connectivity index is 2.57. The van der Waals surface area contributed by atoms with Crippen molar-refractivity contribution in [3.63, 3.8) is 0 Å². The van der Waals surface area contributed by atoms with Crippen LogP contribution >= 0.6 is 15.9 Å². The molecule has 1 amide bonds. The highest BCUT2D eigenvalue weighted by atomic mass is 79.9. The van der Waals surface area contributed by atoms with Crippen molar-refractivity contribution in [1.82, 2.24) is 10.0 Å². The number of nitrogens with one attached hydrogen (secondary N) is 2. The molecule has 1 aliphatic rings. The molecule has 0 aliphatic carbocycles. The SMILES string of the molecule is O=C1NCCCC1NS(=O)(=O)CBr. The van der Waals surface area contributed by atoms with E-state index in [0.717, 1.165) is 6.42 Å². The van der Waals surface area contributed by atoms with Gasteiger partial charge in [0.15, 0.2) is 0 Å². The molecule has 0 saturated carbocycles. The Morgan fingerprint density at radius 1 is 1.62 bits per heavy atom. The summed E-state index contributed by atoms with van der Waals surface area (Å²) in [5.74, 6) is -0.240. The topological polar surface area (TPSA) is 75.3 Å². The number of hydrogen-bond acceptors (Lipinski definition) is 3. The number of carbonyl (C=O) groups is 1. The lowest BCUT2D eigenvalue weighted by molar-refractivity contribution is -0.124. The first-order valence-electron chi connectivity index (χ1n) is 3.89. The van der Waals surface area contributed by atoms with Gasteiger partial charge in [-0.25, -0.2) is 13.1 Å². The number of piperidine rings is 1. The highest BCUT2D eigenvalue weighted by Crippen LogP contribution is 2.05. The predicted octanol–water partition coefficient (Wildman–Crippen LogP) is -0.463. The van der Waals surface area contributed by atoms with Crippen LogP contribution in [0, 0.1) is 0 Å². The predicted molar refractivity (Wildman–Crippen MR) is 51.9 cm³/mol. The number of sulfonamides is 1. The Kier molecular flexibility index (Phi) is 3.69. The number of alkyl halides is 1. The maximum Gasteiger partial charge on any atom is 0.238 e. The summed E-state index contributed by atoms with van der Waals surface area (Å²) in [6.07, 6.45) is 1.37. The highest BCUT2D eigenvalue weighted by molar-refractivity contribution is 9.10. The number of rotatable bonds is 3. The van der Waals surface area contributed by atoms with E-state index in [1.54, 1.807) is 0 Å². The van der Waals surface area contributed by atoms with Gasteiger partial charge in [0.05, 0.1) is 0 Å². The summed E-state index contributed by atoms with van der Waals surface area (Å²) in [4.78, 5) is 11.1. The Hall–Kier alpha value is -0.140. The van der Waals surface area contributed by atoms with Gasteiger partial charge in [0, 0.05) is 6.54 Å². The maximum atomic E-state index is 11.1. The molecule has 5 nitrogen and oxygen atoms in total. The molecule has 1 fully saturated rings. The van der Waals surface area contributed by atoms with Crippen LogP contribution in [0.1, 0.15) is 12.8 Å². The second kappa shape index (κ2) is 4.39. The van der Waals surface area contributed by atoms with Crippen LogP contribution < -0.4 is 10.0 Å². The summed E-state index contributed by atoms with van der Waals surface area (Å²) >= 11 is 2.84. The summed E-state index contributed by atoms with van der Waals surface area (Å²) in [6, 6.07) is -0.601. The van der Waals surface area contributed by atoms with Crippen LogP contribution in [0.5, 0.6) is 0 Å². The van der Waals surface area contributed by atoms with Crippen LogP contribution in [0.4, 0.5) is 0 Å². The lowest BCUT2D eigenvalue weighted by atomic mass is 10.1. The summed E-state index contributed by atoms with van der Waals surface area (Å²) < 4.78 is 24.3. The average molecular weight is 271 g/mol. The molecule has 0 radical (unpaired) electrons. The van der Waals surface area contributed by atoms with Gasteiger partial charge in [0.2, 0.25) is 15.9 Å². The van der Waals surface area contributed by atoms with E-state index in [9.17, 15) is 13.2 Å². The highest BCUT2D eigenvalue weighted by Gasteiger charge is 2.25. The third kappa shape index (κ3) is 3.24. The summed E-state index contributed by atoms with van der Waals surface area (Å²) in [5.41, 5.74) is 0. The second-order valence-corrected chi connectivity index (χ2v) is 5.88. The van der Waals surface area contributed by atoms with Crippen LogP contribution in [0.15, 0.2) is 0 Å². The lowest BCUT2D eigenvalue weighted by Gasteiger charge is -2.21. The van der Waals surface area contributed by atoms with Crippen LogP contribution in [-0.2, 0) is 14.8 Å². The molecule has 0 aromatic heterocycles. The van der Waals surface area contributed by atoms with Crippen molar-refractivity contribution in [1.29, 1.82) is 0 Å². The van der Waals surface area contributed by atoms with Gasteiger partial charge in [-0.15, -0.1) is 0 Å². The molecule has 1 heterocycles. The molecule has 1 atom stereocenters. The fourth-order valence-electron chi connectivity index (χ4n) is 1.13. The van der Waals surface area contributed by atoms with Gasteiger partial charge in [0.1, 0.15) is 10.7 Å². The second-order valence-electron chi connectivity index (χ2n) is 2.83. The van der Waals surface area contributed by atoms with Gasteiger partial charge in [0.25, 0.3) is 0 Å². The summed E-state index contributed by atoms with van der Waals surface area (Å²) in [7, 11) is -3.35. The van der Waals surface area contributed by atoms with Gasteiger partial charge >= 0.3 is 0 Å². The monoisotopic (exact) mass is 270 g/mol. The molecule has 1 aliphatic heterocycles. The van der Waals surface area contributed by atoms with Gasteiger partial charge in [-0.3, -0.25) is 4.79 Å². The molecule has 7 heteroatoms. The summed E-state index contributed by atoms with van der Waals surface area (Å²) in [6.45, 7) is 0.630. The molecule has 1 unspecified atom stereocenters. The van der Waals surface area contributed by atoms with E-state index in [4.69, 9.17) is 0 Å². The van der Waals surface area contributed by atoms with Gasteiger partial charge in [-0.1, -0.05) is 15.9 Å². The Morgan fingerprint density at radius 3 is 2.85 bits per heavy atom. The largest absolute Gasteiger partial charge is 0.355 e. The van der Waals surface area contributed by atoms with Crippen molar-refractivity contribution in [3.8, 4) is 0 Å². The maximum absolute atomic E-state index is 11.1. The van der Waals surface area contributed by atoms with Crippen molar-refractivity contribution in [2.75, 3.05) is 11.2 Å². The molecule has 1 saturated heterocycles. The lowest BCUT2D eigenvalue weighted by Crippen LogP contribution is -2.50. The molecule has 0 aromatic rings. The van der Waals surface area contributed by atoms with Crippen LogP contribution in [-0.4, -0.2) is 31.6 Å². The Morgan fingerprint density at radius 2 is 2.31 bits per heavy atom. The fourth-order valence-corrected chi connectivity index (χ4v) is 2.25. The molecule has 0 aromatic carbocycles. The third-order valence-corrected chi connectivity index (χ3v) is 4.49. The van der Waals surface area contributed by atoms with Crippen LogP contribution in [0.2, 0.25) is 0 Å². The van der Waals surface area contributed by atoms with Crippen molar-refractivity contribution in [2.24, 2.45) is 0 Å². The van der Waals surface area contributed by atoms with E-state index >= 15 is 0 Å². The molecular weight excluding hydrogens is 260 g/mol. The fraction of sp³-hybridized carbons (Fsp3) is 0.833. The molecule has 2 N–H and O–H groups in total. The number of hydrogen-bond donors (Lipinski definition) is 2. The minimum Gasteiger partial charge on any atom is -0.355 e. The van der Waals surface area contributed by atoms with Crippen molar-refractivity contribution >= 4 is 31.9 Å². The number of amides is 1. The van der Waals surface area contributed by atoms with E-state index in [2.05, 4.69) is 26.0 Å². The van der Waals surface area contributed by atoms with Crippen LogP contribution in [0.25, 0.3) is 0 Å².